The van der Waals surface area contributed by atoms with Gasteiger partial charge < -0.3 is 16.2 Å². The molecule has 4 N–H and O–H groups in total. The third-order valence-electron chi connectivity index (χ3n) is 1.90. The summed E-state index contributed by atoms with van der Waals surface area (Å²) >= 11 is 0. The van der Waals surface area contributed by atoms with Gasteiger partial charge in [0.15, 0.2) is 0 Å². The number of hydrogen-bond donors (Lipinski definition) is 3. The number of nitrogens with two attached hydrogens (primary N) is 1. The summed E-state index contributed by atoms with van der Waals surface area (Å²) in [7, 11) is 0. The van der Waals surface area contributed by atoms with E-state index >= 15 is 0 Å². The number of benzene rings is 1. The Morgan fingerprint density at radius 3 is 2.31 bits per heavy atom. The second-order valence-electron chi connectivity index (χ2n) is 3.09. The Hall–Kier alpha value is -1.75. The summed E-state index contributed by atoms with van der Waals surface area (Å²) in [5.41, 5.74) is 5.70. The van der Waals surface area contributed by atoms with Crippen molar-refractivity contribution in [3.05, 3.63) is 35.9 Å². The molecule has 1 atom stereocenters. The van der Waals surface area contributed by atoms with Crippen molar-refractivity contribution in [3.8, 4) is 0 Å². The first-order valence-corrected chi connectivity index (χ1v) is 4.42. The van der Waals surface area contributed by atoms with Crippen molar-refractivity contribution in [2.24, 2.45) is 5.73 Å². The molecule has 0 saturated heterocycles. The molecular formula is C10H13ClN2O3. The number of primary amides is 1. The van der Waals surface area contributed by atoms with Gasteiger partial charge in [-0.3, -0.25) is 0 Å². The van der Waals surface area contributed by atoms with Gasteiger partial charge >= 0.3 is 12.0 Å². The van der Waals surface area contributed by atoms with E-state index in [-0.39, 0.29) is 18.8 Å². The lowest BCUT2D eigenvalue weighted by atomic mass is 10.1. The number of urea groups is 1. The second-order valence-corrected chi connectivity index (χ2v) is 3.09. The predicted molar refractivity (Wildman–Crippen MR) is 61.5 cm³/mol. The third-order valence-corrected chi connectivity index (χ3v) is 1.90. The minimum atomic E-state index is -1.10. The highest BCUT2D eigenvalue weighted by Crippen LogP contribution is 2.03. The van der Waals surface area contributed by atoms with Crippen LogP contribution in [0.2, 0.25) is 0 Å². The molecule has 0 heterocycles. The molecule has 0 fully saturated rings. The van der Waals surface area contributed by atoms with Gasteiger partial charge in [0.05, 0.1) is 0 Å². The molecule has 1 aromatic rings. The number of carboxylic acid groups (broad SMARTS) is 1. The summed E-state index contributed by atoms with van der Waals surface area (Å²) in [6, 6.07) is 7.21. The molecule has 0 radical (unpaired) electrons. The molecule has 0 bridgehead atoms. The maximum absolute atomic E-state index is 10.8. The van der Waals surface area contributed by atoms with E-state index in [9.17, 15) is 9.59 Å². The van der Waals surface area contributed by atoms with E-state index in [0.717, 1.165) is 5.56 Å². The van der Waals surface area contributed by atoms with E-state index in [1.54, 1.807) is 24.3 Å². The third kappa shape index (κ3) is 4.65. The number of aliphatic carboxylic acids is 1. The molecule has 2 amide bonds. The molecule has 0 unspecified atom stereocenters. The van der Waals surface area contributed by atoms with Gasteiger partial charge in [0.2, 0.25) is 0 Å². The largest absolute Gasteiger partial charge is 0.480 e. The van der Waals surface area contributed by atoms with Crippen LogP contribution < -0.4 is 11.1 Å². The highest BCUT2D eigenvalue weighted by Gasteiger charge is 2.18. The lowest BCUT2D eigenvalue weighted by molar-refractivity contribution is -0.139. The first-order chi connectivity index (χ1) is 7.09. The molecule has 88 valence electrons. The Morgan fingerprint density at radius 2 is 1.88 bits per heavy atom. The maximum atomic E-state index is 10.8. The van der Waals surface area contributed by atoms with E-state index in [2.05, 4.69) is 5.32 Å². The fourth-order valence-electron chi connectivity index (χ4n) is 1.22. The molecule has 0 saturated carbocycles. The highest BCUT2D eigenvalue weighted by molar-refractivity contribution is 5.85. The number of carbonyl (C=O) groups excluding carboxylic acids is 1. The summed E-state index contributed by atoms with van der Waals surface area (Å²) in [6.45, 7) is 0. The highest BCUT2D eigenvalue weighted by atomic mass is 35.5. The van der Waals surface area contributed by atoms with Crippen molar-refractivity contribution in [3.63, 3.8) is 0 Å². The van der Waals surface area contributed by atoms with E-state index in [1.807, 2.05) is 6.07 Å². The van der Waals surface area contributed by atoms with E-state index in [1.165, 1.54) is 0 Å². The quantitative estimate of drug-likeness (QED) is 0.731. The van der Waals surface area contributed by atoms with E-state index in [0.29, 0.717) is 0 Å². The standard InChI is InChI=1S/C10H12N2O3.ClH/c11-10(15)12-8(9(13)14)6-7-4-2-1-3-5-7;/h1-5,8H,6H2,(H,13,14)(H3,11,12,15);1H/t8-;/m0./s1. The maximum Gasteiger partial charge on any atom is 0.326 e. The van der Waals surface area contributed by atoms with Crippen LogP contribution in [0.3, 0.4) is 0 Å². The first kappa shape index (κ1) is 14.2. The van der Waals surface area contributed by atoms with E-state index < -0.39 is 18.0 Å². The van der Waals surface area contributed by atoms with Crippen LogP contribution in [0.4, 0.5) is 4.79 Å². The van der Waals surface area contributed by atoms with Crippen LogP contribution in [-0.4, -0.2) is 23.1 Å². The molecule has 0 spiro atoms. The fraction of sp³-hybridized carbons (Fsp3) is 0.200. The van der Waals surface area contributed by atoms with Gasteiger partial charge in [-0.15, -0.1) is 12.4 Å². The number of nitrogens with one attached hydrogen (secondary N) is 1. The zero-order valence-electron chi connectivity index (χ0n) is 8.42. The van der Waals surface area contributed by atoms with Crippen molar-refractivity contribution >= 4 is 24.4 Å². The lowest BCUT2D eigenvalue weighted by Crippen LogP contribution is -2.44. The molecule has 1 rings (SSSR count). The van der Waals surface area contributed by atoms with Crippen molar-refractivity contribution < 1.29 is 14.7 Å². The summed E-state index contributed by atoms with van der Waals surface area (Å²) < 4.78 is 0. The molecule has 6 heteroatoms. The minimum absolute atomic E-state index is 0. The minimum Gasteiger partial charge on any atom is -0.480 e. The number of amides is 2. The number of hydrogen-bond acceptors (Lipinski definition) is 2. The Kier molecular flexibility index (Phi) is 5.95. The van der Waals surface area contributed by atoms with Crippen molar-refractivity contribution in [2.75, 3.05) is 0 Å². The van der Waals surface area contributed by atoms with Crippen LogP contribution in [0.25, 0.3) is 0 Å². The van der Waals surface area contributed by atoms with Gasteiger partial charge in [-0.05, 0) is 5.56 Å². The normalized spacial score (nSPS) is 11.0. The Labute approximate surface area is 99.1 Å². The zero-order chi connectivity index (χ0) is 11.3. The molecule has 0 aromatic heterocycles. The van der Waals surface area contributed by atoms with Crippen LogP contribution in [0, 0.1) is 0 Å². The molecule has 0 aliphatic heterocycles. The van der Waals surface area contributed by atoms with Gasteiger partial charge in [0.1, 0.15) is 6.04 Å². The molecule has 0 aliphatic rings. The van der Waals surface area contributed by atoms with E-state index in [4.69, 9.17) is 10.8 Å². The first-order valence-electron chi connectivity index (χ1n) is 4.42. The van der Waals surface area contributed by atoms with Crippen molar-refractivity contribution in [1.82, 2.24) is 5.32 Å². The fourth-order valence-corrected chi connectivity index (χ4v) is 1.22. The van der Waals surface area contributed by atoms with Crippen LogP contribution in [-0.2, 0) is 11.2 Å². The van der Waals surface area contributed by atoms with Crippen molar-refractivity contribution in [2.45, 2.75) is 12.5 Å². The Morgan fingerprint density at radius 1 is 1.31 bits per heavy atom. The number of carboxylic acids is 1. The SMILES string of the molecule is Cl.NC(=O)N[C@@H](Cc1ccccc1)C(=O)O. The smallest absolute Gasteiger partial charge is 0.326 e. The van der Waals surface area contributed by atoms with Crippen LogP contribution in [0.1, 0.15) is 5.56 Å². The Bertz CT molecular complexity index is 356. The molecular weight excluding hydrogens is 232 g/mol. The van der Waals surface area contributed by atoms with Crippen molar-refractivity contribution in [1.29, 1.82) is 0 Å². The monoisotopic (exact) mass is 244 g/mol. The molecule has 5 nitrogen and oxygen atoms in total. The summed E-state index contributed by atoms with van der Waals surface area (Å²) in [6.07, 6.45) is 0.221. The molecule has 1 aromatic carbocycles. The van der Waals surface area contributed by atoms with Crippen LogP contribution in [0.15, 0.2) is 30.3 Å². The molecule has 0 aliphatic carbocycles. The van der Waals surface area contributed by atoms with Crippen LogP contribution >= 0.6 is 12.4 Å². The van der Waals surface area contributed by atoms with Gasteiger partial charge in [-0.25, -0.2) is 9.59 Å². The van der Waals surface area contributed by atoms with Gasteiger partial charge in [-0.1, -0.05) is 30.3 Å². The zero-order valence-corrected chi connectivity index (χ0v) is 9.24. The van der Waals surface area contributed by atoms with Crippen LogP contribution in [0.5, 0.6) is 0 Å². The predicted octanol–water partition coefficient (Wildman–Crippen LogP) is 0.772. The number of halogens is 1. The van der Waals surface area contributed by atoms with Gasteiger partial charge in [-0.2, -0.15) is 0 Å². The molecule has 16 heavy (non-hydrogen) atoms. The summed E-state index contributed by atoms with van der Waals surface area (Å²) in [5.74, 6) is -1.10. The van der Waals surface area contributed by atoms with Gasteiger partial charge in [0.25, 0.3) is 0 Å². The topological polar surface area (TPSA) is 92.4 Å². The Balaban J connectivity index is 0.00000225. The second kappa shape index (κ2) is 6.68. The van der Waals surface area contributed by atoms with Gasteiger partial charge in [0, 0.05) is 6.42 Å². The lowest BCUT2D eigenvalue weighted by Gasteiger charge is -2.12. The average molecular weight is 245 g/mol. The number of carbonyl (C=O) groups is 2. The summed E-state index contributed by atoms with van der Waals surface area (Å²) in [5, 5.41) is 11.0. The number of rotatable bonds is 4. The average Bonchev–Trinajstić information content (AvgIpc) is 2.17. The summed E-state index contributed by atoms with van der Waals surface area (Å²) in [4.78, 5) is 21.3.